The van der Waals surface area contributed by atoms with Gasteiger partial charge in [0.05, 0.1) is 0 Å². The van der Waals surface area contributed by atoms with E-state index < -0.39 is 0 Å². The third-order valence-electron chi connectivity index (χ3n) is 1.24. The normalized spacial score (nSPS) is 12.0. The molecule has 2 heteroatoms. The highest BCUT2D eigenvalue weighted by atomic mass is 16.3. The predicted molar refractivity (Wildman–Crippen MR) is 37.5 cm³/mol. The molecule has 0 aromatic heterocycles. The summed E-state index contributed by atoms with van der Waals surface area (Å²) in [6.45, 7) is 2.12. The van der Waals surface area contributed by atoms with Gasteiger partial charge in [-0.2, -0.15) is 0 Å². The molecule has 0 bridgehead atoms. The van der Waals surface area contributed by atoms with Gasteiger partial charge in [-0.25, -0.2) is 0 Å². The number of rotatable bonds is 4. The molecule has 0 rings (SSSR count). The second-order valence-corrected chi connectivity index (χ2v) is 2.07. The Balaban J connectivity index is 3.07. The first-order valence-electron chi connectivity index (χ1n) is 3.44. The van der Waals surface area contributed by atoms with Crippen LogP contribution in [0.1, 0.15) is 32.6 Å². The molecular weight excluding hydrogens is 114 g/mol. The van der Waals surface area contributed by atoms with Crippen LogP contribution in [0.15, 0.2) is 4.99 Å². The summed E-state index contributed by atoms with van der Waals surface area (Å²) in [5, 5.41) is 10.5. The highest BCUT2D eigenvalue weighted by molar-refractivity contribution is 5.70. The largest absolute Gasteiger partial charge is 0.862 e. The fourth-order valence-electron chi connectivity index (χ4n) is 0.638. The summed E-state index contributed by atoms with van der Waals surface area (Å²) in [7, 11) is 1.55. The molecule has 0 heterocycles. The van der Waals surface area contributed by atoms with Crippen molar-refractivity contribution in [2.45, 2.75) is 32.6 Å². The van der Waals surface area contributed by atoms with Crippen molar-refractivity contribution in [1.29, 1.82) is 0 Å². The Labute approximate surface area is 56.6 Å². The molecule has 0 aliphatic heterocycles. The highest BCUT2D eigenvalue weighted by Gasteiger charge is 1.83. The summed E-state index contributed by atoms with van der Waals surface area (Å²) in [5.74, 6) is 0.0310. The molecule has 0 aliphatic carbocycles. The fraction of sp³-hybridized carbons (Fsp3) is 0.857. The van der Waals surface area contributed by atoms with E-state index in [2.05, 4.69) is 11.9 Å². The minimum Gasteiger partial charge on any atom is -0.862 e. The van der Waals surface area contributed by atoms with E-state index in [1.807, 2.05) is 0 Å². The van der Waals surface area contributed by atoms with Crippen LogP contribution in [0.2, 0.25) is 0 Å². The third kappa shape index (κ3) is 5.34. The minimum absolute atomic E-state index is 0.0310. The van der Waals surface area contributed by atoms with E-state index in [1.165, 1.54) is 0 Å². The van der Waals surface area contributed by atoms with Crippen LogP contribution in [0.3, 0.4) is 0 Å². The van der Waals surface area contributed by atoms with Crippen molar-refractivity contribution >= 4 is 5.90 Å². The minimum atomic E-state index is 0.0310. The predicted octanol–water partition coefficient (Wildman–Crippen LogP) is 0.955. The van der Waals surface area contributed by atoms with Gasteiger partial charge in [-0.3, -0.25) is 0 Å². The van der Waals surface area contributed by atoms with Crippen LogP contribution >= 0.6 is 0 Å². The molecule has 0 atom stereocenters. The number of hydrogen-bond donors (Lipinski definition) is 0. The SMILES string of the molecule is CCCCCC([O-])=NC. The average Bonchev–Trinajstić information content (AvgIpc) is 1.89. The van der Waals surface area contributed by atoms with E-state index in [-0.39, 0.29) is 5.90 Å². The second-order valence-electron chi connectivity index (χ2n) is 2.07. The van der Waals surface area contributed by atoms with Crippen LogP contribution < -0.4 is 5.11 Å². The van der Waals surface area contributed by atoms with E-state index in [1.54, 1.807) is 7.05 Å². The van der Waals surface area contributed by atoms with E-state index in [0.29, 0.717) is 6.42 Å². The van der Waals surface area contributed by atoms with Gasteiger partial charge in [0.2, 0.25) is 0 Å². The van der Waals surface area contributed by atoms with Crippen molar-refractivity contribution in [3.63, 3.8) is 0 Å². The van der Waals surface area contributed by atoms with Crippen LogP contribution in [0.4, 0.5) is 0 Å². The summed E-state index contributed by atoms with van der Waals surface area (Å²) < 4.78 is 0. The van der Waals surface area contributed by atoms with Crippen molar-refractivity contribution in [2.75, 3.05) is 7.05 Å². The van der Waals surface area contributed by atoms with Crippen LogP contribution in [0.25, 0.3) is 0 Å². The zero-order chi connectivity index (χ0) is 7.11. The van der Waals surface area contributed by atoms with E-state index in [0.717, 1.165) is 19.3 Å². The van der Waals surface area contributed by atoms with Crippen molar-refractivity contribution < 1.29 is 5.11 Å². The zero-order valence-electron chi connectivity index (χ0n) is 6.18. The molecule has 0 N–H and O–H groups in total. The van der Waals surface area contributed by atoms with Crippen LogP contribution in [-0.4, -0.2) is 12.9 Å². The zero-order valence-corrected chi connectivity index (χ0v) is 6.18. The van der Waals surface area contributed by atoms with Gasteiger partial charge < -0.3 is 10.1 Å². The molecule has 0 spiro atoms. The van der Waals surface area contributed by atoms with Gasteiger partial charge in [-0.05, 0) is 18.7 Å². The third-order valence-corrected chi connectivity index (χ3v) is 1.24. The molecule has 0 amide bonds. The van der Waals surface area contributed by atoms with Crippen LogP contribution in [0, 0.1) is 0 Å². The molecule has 0 aromatic carbocycles. The molecule has 0 saturated carbocycles. The number of unbranched alkanes of at least 4 members (excludes halogenated alkanes) is 2. The maximum absolute atomic E-state index is 10.5. The first-order chi connectivity index (χ1) is 4.31. The summed E-state index contributed by atoms with van der Waals surface area (Å²) in [6, 6.07) is 0. The van der Waals surface area contributed by atoms with Gasteiger partial charge >= 0.3 is 0 Å². The monoisotopic (exact) mass is 128 g/mol. The van der Waals surface area contributed by atoms with E-state index >= 15 is 0 Å². The van der Waals surface area contributed by atoms with E-state index in [4.69, 9.17) is 0 Å². The van der Waals surface area contributed by atoms with Crippen molar-refractivity contribution in [1.82, 2.24) is 0 Å². The fourth-order valence-corrected chi connectivity index (χ4v) is 0.638. The Morgan fingerprint density at radius 2 is 2.11 bits per heavy atom. The lowest BCUT2D eigenvalue weighted by molar-refractivity contribution is -0.219. The first-order valence-corrected chi connectivity index (χ1v) is 3.44. The lowest BCUT2D eigenvalue weighted by Crippen LogP contribution is -2.16. The highest BCUT2D eigenvalue weighted by Crippen LogP contribution is 1.97. The average molecular weight is 128 g/mol. The van der Waals surface area contributed by atoms with Gasteiger partial charge in [0.15, 0.2) is 0 Å². The molecular formula is C7H14NO-. The second kappa shape index (κ2) is 5.60. The Morgan fingerprint density at radius 1 is 1.44 bits per heavy atom. The molecule has 9 heavy (non-hydrogen) atoms. The molecule has 0 fully saturated rings. The molecule has 0 saturated heterocycles. The van der Waals surface area contributed by atoms with Gasteiger partial charge in [0, 0.05) is 7.05 Å². The van der Waals surface area contributed by atoms with E-state index in [9.17, 15) is 5.11 Å². The van der Waals surface area contributed by atoms with Crippen LogP contribution in [0.5, 0.6) is 0 Å². The first kappa shape index (κ1) is 8.47. The molecule has 54 valence electrons. The van der Waals surface area contributed by atoms with Gasteiger partial charge in [0.25, 0.3) is 0 Å². The van der Waals surface area contributed by atoms with Gasteiger partial charge in [-0.15, -0.1) is 0 Å². The molecule has 0 radical (unpaired) electrons. The number of nitrogens with zero attached hydrogens (tertiary/aromatic N) is 1. The topological polar surface area (TPSA) is 35.4 Å². The summed E-state index contributed by atoms with van der Waals surface area (Å²) >= 11 is 0. The maximum atomic E-state index is 10.5. The van der Waals surface area contributed by atoms with Crippen LogP contribution in [-0.2, 0) is 0 Å². The number of aliphatic imine (C=N–C) groups is 1. The van der Waals surface area contributed by atoms with Crippen molar-refractivity contribution in [3.05, 3.63) is 0 Å². The smallest absolute Gasteiger partial charge is 0.0265 e. The molecule has 0 aromatic rings. The maximum Gasteiger partial charge on any atom is 0.0265 e. The van der Waals surface area contributed by atoms with Gasteiger partial charge in [0.1, 0.15) is 0 Å². The Morgan fingerprint density at radius 3 is 2.56 bits per heavy atom. The summed E-state index contributed by atoms with van der Waals surface area (Å²) in [6.07, 6.45) is 3.93. The van der Waals surface area contributed by atoms with Crippen molar-refractivity contribution in [3.8, 4) is 0 Å². The lowest BCUT2D eigenvalue weighted by atomic mass is 10.2. The Bertz CT molecular complexity index is 88.9. The lowest BCUT2D eigenvalue weighted by Gasteiger charge is -2.06. The number of hydrogen-bond acceptors (Lipinski definition) is 2. The summed E-state index contributed by atoms with van der Waals surface area (Å²) in [4.78, 5) is 3.52. The Hall–Kier alpha value is -0.530. The van der Waals surface area contributed by atoms with Crippen molar-refractivity contribution in [2.24, 2.45) is 4.99 Å². The molecule has 0 unspecified atom stereocenters. The quantitative estimate of drug-likeness (QED) is 0.315. The molecule has 2 nitrogen and oxygen atoms in total. The standard InChI is InChI=1S/C7H15NO/c1-3-4-5-6-7(9)8-2/h3-6H2,1-2H3,(H,8,9)/p-1. The molecule has 0 aliphatic rings. The van der Waals surface area contributed by atoms with Gasteiger partial charge in [-0.1, -0.05) is 19.8 Å². The summed E-state index contributed by atoms with van der Waals surface area (Å²) in [5.41, 5.74) is 0. The Kier molecular flexibility index (Phi) is 5.27.